The molecular weight excluding hydrogens is 434 g/mol. The number of anilines is 1. The molecule has 0 radical (unpaired) electrons. The molecule has 1 unspecified atom stereocenters. The summed E-state index contributed by atoms with van der Waals surface area (Å²) < 4.78 is 11.1. The number of allylic oxidation sites excluding steroid dienone is 2. The van der Waals surface area contributed by atoms with E-state index in [1.165, 1.54) is 7.11 Å². The van der Waals surface area contributed by atoms with Crippen LogP contribution in [0.4, 0.5) is 5.69 Å². The Labute approximate surface area is 199 Å². The van der Waals surface area contributed by atoms with Crippen LogP contribution in [-0.2, 0) is 24.7 Å². The third kappa shape index (κ3) is 4.95. The van der Waals surface area contributed by atoms with Crippen molar-refractivity contribution in [2.45, 2.75) is 77.0 Å². The van der Waals surface area contributed by atoms with Crippen LogP contribution in [0.5, 0.6) is 0 Å². The Balaban J connectivity index is 2.01. The van der Waals surface area contributed by atoms with Crippen molar-refractivity contribution in [3.8, 4) is 0 Å². The minimum Gasteiger partial charge on any atom is -0.468 e. The quantitative estimate of drug-likeness (QED) is 0.175. The Hall–Kier alpha value is -1.96. The molecule has 0 bridgehead atoms. The number of ketones is 1. The fourth-order valence-electron chi connectivity index (χ4n) is 5.03. The molecule has 0 aromatic heterocycles. The van der Waals surface area contributed by atoms with E-state index in [2.05, 4.69) is 26.6 Å². The van der Waals surface area contributed by atoms with E-state index in [1.807, 2.05) is 35.2 Å². The highest BCUT2D eigenvalue weighted by atomic mass is 28.3. The topological polar surface area (TPSA) is 76.1 Å². The van der Waals surface area contributed by atoms with Crippen molar-refractivity contribution in [2.75, 3.05) is 25.2 Å². The summed E-state index contributed by atoms with van der Waals surface area (Å²) >= 11 is 0. The lowest BCUT2D eigenvalue weighted by molar-refractivity contribution is -0.155. The molecule has 7 heteroatoms. The molecule has 1 aromatic carbocycles. The van der Waals surface area contributed by atoms with Gasteiger partial charge in [-0.2, -0.15) is 0 Å². The molecule has 1 fully saturated rings. The minimum absolute atomic E-state index is 0.0827. The van der Waals surface area contributed by atoms with Gasteiger partial charge in [-0.25, -0.2) is 0 Å². The second kappa shape index (κ2) is 9.72. The molecule has 0 spiro atoms. The van der Waals surface area contributed by atoms with Gasteiger partial charge in [0.1, 0.15) is 11.0 Å². The highest BCUT2D eigenvalue weighted by Gasteiger charge is 2.57. The number of para-hydroxylation sites is 1. The molecule has 0 amide bonds. The zero-order valence-corrected chi connectivity index (χ0v) is 21.9. The third-order valence-corrected chi connectivity index (χ3v) is 8.16. The van der Waals surface area contributed by atoms with Crippen molar-refractivity contribution in [1.29, 1.82) is 0 Å². The van der Waals surface area contributed by atoms with Crippen molar-refractivity contribution in [1.82, 2.24) is 0 Å². The molecular formula is C26H39NO5Si. The van der Waals surface area contributed by atoms with E-state index in [1.54, 1.807) is 6.92 Å². The van der Waals surface area contributed by atoms with Crippen LogP contribution in [0.15, 0.2) is 35.9 Å². The summed E-state index contributed by atoms with van der Waals surface area (Å²) in [6, 6.07) is 8.31. The van der Waals surface area contributed by atoms with Crippen LogP contribution in [0.25, 0.3) is 0 Å². The van der Waals surface area contributed by atoms with Gasteiger partial charge in [-0.3, -0.25) is 9.59 Å². The number of benzene rings is 1. The average molecular weight is 474 g/mol. The first-order valence-electron chi connectivity index (χ1n) is 12.0. The number of ether oxygens (including phenoxy) is 2. The normalized spacial score (nSPS) is 24.3. The first-order valence-corrected chi connectivity index (χ1v) is 15.7. The van der Waals surface area contributed by atoms with Crippen molar-refractivity contribution < 1.29 is 24.2 Å². The molecule has 1 aromatic rings. The standard InChI is InChI=1S/C26H39NO5Si/c1-7-8-9-12-19(17-33(4,5)6)22(28)25(2,24(29)31-3)18-27-21-14-11-10-13-20(21)26(30)15-16-32-23(26)27/h10-14,23,30H,7-9,15-18H2,1-6H3/b19-12+/t23-,25?,26+/m0/s1. The zero-order valence-electron chi connectivity index (χ0n) is 20.9. The summed E-state index contributed by atoms with van der Waals surface area (Å²) in [5.74, 6) is -0.741. The summed E-state index contributed by atoms with van der Waals surface area (Å²) in [4.78, 5) is 29.1. The molecule has 3 rings (SSSR count). The number of esters is 1. The molecule has 3 atom stereocenters. The zero-order chi connectivity index (χ0) is 24.4. The number of carbonyl (C=O) groups excluding carboxylic acids is 2. The number of nitrogens with zero attached hydrogens (tertiary/aromatic N) is 1. The van der Waals surface area contributed by atoms with Gasteiger partial charge in [0.05, 0.1) is 13.7 Å². The molecule has 0 saturated carbocycles. The number of unbranched alkanes of at least 4 members (excludes halogenated alkanes) is 2. The molecule has 33 heavy (non-hydrogen) atoms. The van der Waals surface area contributed by atoms with Gasteiger partial charge >= 0.3 is 5.97 Å². The smallest absolute Gasteiger partial charge is 0.321 e. The lowest BCUT2D eigenvalue weighted by Gasteiger charge is -2.36. The maximum Gasteiger partial charge on any atom is 0.321 e. The van der Waals surface area contributed by atoms with Crippen LogP contribution in [-0.4, -0.2) is 51.4 Å². The largest absolute Gasteiger partial charge is 0.468 e. The van der Waals surface area contributed by atoms with E-state index in [0.29, 0.717) is 19.1 Å². The first-order chi connectivity index (χ1) is 15.5. The van der Waals surface area contributed by atoms with Crippen LogP contribution in [0, 0.1) is 5.41 Å². The summed E-state index contributed by atoms with van der Waals surface area (Å²) in [6.07, 6.45) is 4.74. The number of fused-ring (bicyclic) bond motifs is 3. The molecule has 6 nitrogen and oxygen atoms in total. The summed E-state index contributed by atoms with van der Waals surface area (Å²) in [7, 11) is -0.295. The molecule has 182 valence electrons. The van der Waals surface area contributed by atoms with Gasteiger partial charge in [0.15, 0.2) is 12.0 Å². The first kappa shape index (κ1) is 25.7. The average Bonchev–Trinajstić information content (AvgIpc) is 3.26. The van der Waals surface area contributed by atoms with Crippen LogP contribution in [0.3, 0.4) is 0 Å². The Morgan fingerprint density at radius 1 is 1.33 bits per heavy atom. The summed E-state index contributed by atoms with van der Waals surface area (Å²) in [5, 5.41) is 11.4. The number of Topliss-reactive ketones (excluding diaryl/α,β-unsaturated/α-hetero) is 1. The van der Waals surface area contributed by atoms with Crippen LogP contribution < -0.4 is 4.90 Å². The number of rotatable bonds is 10. The maximum absolute atomic E-state index is 14.0. The van der Waals surface area contributed by atoms with E-state index < -0.39 is 31.3 Å². The van der Waals surface area contributed by atoms with Gasteiger partial charge in [0.25, 0.3) is 0 Å². The number of methoxy groups -OCH3 is 1. The van der Waals surface area contributed by atoms with Crippen molar-refractivity contribution >= 4 is 25.5 Å². The monoisotopic (exact) mass is 473 g/mol. The predicted octanol–water partition coefficient (Wildman–Crippen LogP) is 4.64. The molecule has 0 aliphatic carbocycles. The number of hydrogen-bond acceptors (Lipinski definition) is 6. The third-order valence-electron chi connectivity index (χ3n) is 6.71. The Morgan fingerprint density at radius 2 is 2.03 bits per heavy atom. The number of aliphatic hydroxyl groups is 1. The summed E-state index contributed by atoms with van der Waals surface area (Å²) in [5.41, 5.74) is -0.251. The molecule has 1 saturated heterocycles. The fourth-order valence-corrected chi connectivity index (χ4v) is 6.48. The van der Waals surface area contributed by atoms with Gasteiger partial charge < -0.3 is 19.5 Å². The van der Waals surface area contributed by atoms with Crippen molar-refractivity contribution in [3.05, 3.63) is 41.5 Å². The van der Waals surface area contributed by atoms with E-state index in [-0.39, 0.29) is 12.3 Å². The van der Waals surface area contributed by atoms with E-state index in [4.69, 9.17) is 9.47 Å². The minimum atomic E-state index is -1.62. The Bertz CT molecular complexity index is 924. The Kier molecular flexibility index (Phi) is 7.56. The van der Waals surface area contributed by atoms with Crippen LogP contribution in [0.2, 0.25) is 25.7 Å². The molecule has 1 N–H and O–H groups in total. The highest BCUT2D eigenvalue weighted by Crippen LogP contribution is 2.50. The van der Waals surface area contributed by atoms with E-state index >= 15 is 0 Å². The van der Waals surface area contributed by atoms with Crippen LogP contribution in [0.1, 0.15) is 45.1 Å². The number of carbonyl (C=O) groups is 2. The number of hydrogen-bond donors (Lipinski definition) is 1. The van der Waals surface area contributed by atoms with Gasteiger partial charge in [-0.1, -0.05) is 63.7 Å². The SMILES string of the molecule is CCCC/C=C(\C[Si](C)(C)C)C(=O)C(C)(CN1c2ccccc2[C@]2(O)CCO[C@H]12)C(=O)OC. The maximum atomic E-state index is 14.0. The van der Waals surface area contributed by atoms with Crippen molar-refractivity contribution in [2.24, 2.45) is 5.41 Å². The van der Waals surface area contributed by atoms with Gasteiger partial charge in [-0.15, -0.1) is 0 Å². The molecule has 2 aliphatic heterocycles. The van der Waals surface area contributed by atoms with Crippen molar-refractivity contribution in [3.63, 3.8) is 0 Å². The fraction of sp³-hybridized carbons (Fsp3) is 0.615. The van der Waals surface area contributed by atoms with E-state index in [9.17, 15) is 14.7 Å². The predicted molar refractivity (Wildman–Crippen MR) is 133 cm³/mol. The second-order valence-electron chi connectivity index (χ2n) is 10.8. The molecule has 2 heterocycles. The summed E-state index contributed by atoms with van der Waals surface area (Å²) in [6.45, 7) is 11.0. The highest BCUT2D eigenvalue weighted by molar-refractivity contribution is 6.77. The van der Waals surface area contributed by atoms with Gasteiger partial charge in [-0.05, 0) is 31.0 Å². The molecule has 2 aliphatic rings. The lowest BCUT2D eigenvalue weighted by Crippen LogP contribution is -2.52. The lowest BCUT2D eigenvalue weighted by atomic mass is 9.81. The Morgan fingerprint density at radius 3 is 2.67 bits per heavy atom. The van der Waals surface area contributed by atoms with E-state index in [0.717, 1.165) is 36.1 Å². The van der Waals surface area contributed by atoms with Gasteiger partial charge in [0, 0.05) is 32.3 Å². The second-order valence-corrected chi connectivity index (χ2v) is 16.3. The van der Waals surface area contributed by atoms with Gasteiger partial charge in [0.2, 0.25) is 0 Å². The van der Waals surface area contributed by atoms with Crippen LogP contribution >= 0.6 is 0 Å².